The summed E-state index contributed by atoms with van der Waals surface area (Å²) < 4.78 is 0. The highest BCUT2D eigenvalue weighted by Crippen LogP contribution is 2.11. The molecule has 0 atom stereocenters. The number of benzene rings is 1. The van der Waals surface area contributed by atoms with Crippen molar-refractivity contribution in [2.24, 2.45) is 0 Å². The summed E-state index contributed by atoms with van der Waals surface area (Å²) in [4.78, 5) is 2.33. The third-order valence-electron chi connectivity index (χ3n) is 1.88. The Morgan fingerprint density at radius 3 is 1.85 bits per heavy atom. The van der Waals surface area contributed by atoms with Crippen LogP contribution in [0.2, 0.25) is 0 Å². The smallest absolute Gasteiger partial charge is 0.0365 e. The first-order chi connectivity index (χ1) is 6.38. The van der Waals surface area contributed by atoms with Gasteiger partial charge in [0.1, 0.15) is 0 Å². The molecule has 1 aromatic rings. The molecule has 0 fully saturated rings. The molecule has 1 rings (SSSR count). The molecule has 0 unspecified atom stereocenters. The topological polar surface area (TPSA) is 3.24 Å². The van der Waals surface area contributed by atoms with E-state index in [2.05, 4.69) is 56.2 Å². The monoisotopic (exact) mass is 177 g/mol. The fourth-order valence-corrected chi connectivity index (χ4v) is 1.23. The molecule has 0 saturated heterocycles. The average Bonchev–Trinajstić information content (AvgIpc) is 2.24. The molecule has 1 nitrogen and oxygen atoms in total. The van der Waals surface area contributed by atoms with Crippen LogP contribution in [-0.2, 0) is 0 Å². The molecule has 1 aromatic carbocycles. The van der Waals surface area contributed by atoms with Gasteiger partial charge in [0, 0.05) is 18.8 Å². The molecule has 0 bridgehead atoms. The zero-order chi connectivity index (χ0) is 10.1. The maximum absolute atomic E-state index is 3.00. The Morgan fingerprint density at radius 2 is 1.46 bits per heavy atom. The normalized spacial score (nSPS) is 8.46. The van der Waals surface area contributed by atoms with E-state index in [0.717, 1.165) is 13.1 Å². The van der Waals surface area contributed by atoms with Gasteiger partial charge in [0.25, 0.3) is 0 Å². The van der Waals surface area contributed by atoms with Gasteiger partial charge in [-0.2, -0.15) is 0 Å². The van der Waals surface area contributed by atoms with Crippen molar-refractivity contribution in [1.29, 1.82) is 0 Å². The maximum atomic E-state index is 3.00. The van der Waals surface area contributed by atoms with Gasteiger partial charge in [0.2, 0.25) is 0 Å². The minimum Gasteiger partial charge on any atom is -0.372 e. The van der Waals surface area contributed by atoms with Crippen LogP contribution < -0.4 is 4.90 Å². The second-order valence-corrected chi connectivity index (χ2v) is 2.51. The van der Waals surface area contributed by atoms with E-state index in [1.54, 1.807) is 0 Å². The molecule has 0 spiro atoms. The fraction of sp³-hybridized carbons (Fsp3) is 0.333. The molecule has 1 heteroatoms. The lowest BCUT2D eigenvalue weighted by Gasteiger charge is -2.20. The summed E-state index contributed by atoms with van der Waals surface area (Å²) in [6.45, 7) is 12.5. The largest absolute Gasteiger partial charge is 0.372 e. The van der Waals surface area contributed by atoms with Crippen molar-refractivity contribution >= 4 is 5.69 Å². The number of nitrogens with zero attached hydrogens (tertiary/aromatic N) is 1. The molecule has 0 radical (unpaired) electrons. The first-order valence-corrected chi connectivity index (χ1v) is 4.68. The molecule has 13 heavy (non-hydrogen) atoms. The molecule has 0 heterocycles. The number of hydrogen-bond donors (Lipinski definition) is 0. The van der Waals surface area contributed by atoms with E-state index >= 15 is 0 Å². The molecule has 72 valence electrons. The van der Waals surface area contributed by atoms with E-state index in [4.69, 9.17) is 0 Å². The highest BCUT2D eigenvalue weighted by Gasteiger charge is 1.97. The Bertz CT molecular complexity index is 202. The summed E-state index contributed by atoms with van der Waals surface area (Å²) >= 11 is 0. The lowest BCUT2D eigenvalue weighted by atomic mass is 10.3. The number of anilines is 1. The van der Waals surface area contributed by atoms with Gasteiger partial charge in [-0.3, -0.25) is 0 Å². The van der Waals surface area contributed by atoms with E-state index < -0.39 is 0 Å². The van der Waals surface area contributed by atoms with Gasteiger partial charge in [-0.05, 0) is 26.0 Å². The third-order valence-corrected chi connectivity index (χ3v) is 1.88. The summed E-state index contributed by atoms with van der Waals surface area (Å²) in [7, 11) is 0. The second kappa shape index (κ2) is 7.41. The van der Waals surface area contributed by atoms with Gasteiger partial charge in [0.15, 0.2) is 0 Å². The Morgan fingerprint density at radius 1 is 1.00 bits per heavy atom. The van der Waals surface area contributed by atoms with Gasteiger partial charge < -0.3 is 4.90 Å². The van der Waals surface area contributed by atoms with E-state index in [1.165, 1.54) is 5.69 Å². The lowest BCUT2D eigenvalue weighted by molar-refractivity contribution is 0.866. The van der Waals surface area contributed by atoms with Crippen LogP contribution in [0.25, 0.3) is 0 Å². The van der Waals surface area contributed by atoms with Crippen molar-refractivity contribution in [2.45, 2.75) is 13.8 Å². The molecule has 0 aliphatic heterocycles. The predicted molar refractivity (Wildman–Crippen MR) is 61.3 cm³/mol. The highest BCUT2D eigenvalue weighted by atomic mass is 15.1. The van der Waals surface area contributed by atoms with E-state index in [0.29, 0.717) is 0 Å². The van der Waals surface area contributed by atoms with Gasteiger partial charge in [-0.15, -0.1) is 13.2 Å². The quantitative estimate of drug-likeness (QED) is 0.640. The maximum Gasteiger partial charge on any atom is 0.0365 e. The third kappa shape index (κ3) is 3.79. The molecular formula is C12H19N. The summed E-state index contributed by atoms with van der Waals surface area (Å²) in [5.74, 6) is 0. The highest BCUT2D eigenvalue weighted by molar-refractivity contribution is 5.45. The minimum absolute atomic E-state index is 1.08. The molecular weight excluding hydrogens is 158 g/mol. The van der Waals surface area contributed by atoms with Gasteiger partial charge in [0.05, 0.1) is 0 Å². The SMILES string of the molecule is C=C.CCN(CC)c1ccccc1. The van der Waals surface area contributed by atoms with Crippen molar-refractivity contribution in [3.63, 3.8) is 0 Å². The first-order valence-electron chi connectivity index (χ1n) is 4.68. The van der Waals surface area contributed by atoms with E-state index in [9.17, 15) is 0 Å². The van der Waals surface area contributed by atoms with Crippen LogP contribution in [-0.4, -0.2) is 13.1 Å². The average molecular weight is 177 g/mol. The molecule has 0 N–H and O–H groups in total. The number of para-hydroxylation sites is 1. The Labute approximate surface area is 81.7 Å². The van der Waals surface area contributed by atoms with Crippen molar-refractivity contribution in [2.75, 3.05) is 18.0 Å². The van der Waals surface area contributed by atoms with Crippen LogP contribution >= 0.6 is 0 Å². The van der Waals surface area contributed by atoms with Crippen molar-refractivity contribution < 1.29 is 0 Å². The molecule has 0 aliphatic carbocycles. The van der Waals surface area contributed by atoms with E-state index in [-0.39, 0.29) is 0 Å². The lowest BCUT2D eigenvalue weighted by Crippen LogP contribution is -2.21. The number of rotatable bonds is 3. The van der Waals surface area contributed by atoms with Crippen molar-refractivity contribution in [1.82, 2.24) is 0 Å². The second-order valence-electron chi connectivity index (χ2n) is 2.51. The predicted octanol–water partition coefficient (Wildman–Crippen LogP) is 3.34. The molecule has 0 aliphatic rings. The molecule has 0 aromatic heterocycles. The Hall–Kier alpha value is -1.24. The van der Waals surface area contributed by atoms with Crippen LogP contribution in [0.15, 0.2) is 43.5 Å². The minimum atomic E-state index is 1.08. The molecule has 0 saturated carbocycles. The zero-order valence-electron chi connectivity index (χ0n) is 8.66. The van der Waals surface area contributed by atoms with Crippen LogP contribution in [0.5, 0.6) is 0 Å². The van der Waals surface area contributed by atoms with E-state index in [1.807, 2.05) is 6.07 Å². The standard InChI is InChI=1S/C10H15N.C2H4/c1-3-11(4-2)10-8-6-5-7-9-10;1-2/h5-9H,3-4H2,1-2H3;1-2H2. The Kier molecular flexibility index (Phi) is 6.70. The summed E-state index contributed by atoms with van der Waals surface area (Å²) in [5, 5.41) is 0. The van der Waals surface area contributed by atoms with Crippen LogP contribution in [0.4, 0.5) is 5.69 Å². The fourth-order valence-electron chi connectivity index (χ4n) is 1.23. The summed E-state index contributed by atoms with van der Waals surface area (Å²) in [5.41, 5.74) is 1.32. The summed E-state index contributed by atoms with van der Waals surface area (Å²) in [6.07, 6.45) is 0. The Balaban J connectivity index is 0.000000671. The van der Waals surface area contributed by atoms with Gasteiger partial charge in [-0.25, -0.2) is 0 Å². The zero-order valence-corrected chi connectivity index (χ0v) is 8.66. The number of hydrogen-bond acceptors (Lipinski definition) is 1. The summed E-state index contributed by atoms with van der Waals surface area (Å²) in [6, 6.07) is 10.5. The van der Waals surface area contributed by atoms with Gasteiger partial charge >= 0.3 is 0 Å². The van der Waals surface area contributed by atoms with Crippen LogP contribution in [0.3, 0.4) is 0 Å². The van der Waals surface area contributed by atoms with Gasteiger partial charge in [-0.1, -0.05) is 18.2 Å². The first kappa shape index (κ1) is 11.8. The molecule has 0 amide bonds. The van der Waals surface area contributed by atoms with Crippen LogP contribution in [0.1, 0.15) is 13.8 Å². The van der Waals surface area contributed by atoms with Crippen LogP contribution in [0, 0.1) is 0 Å². The van der Waals surface area contributed by atoms with Crippen molar-refractivity contribution in [3.05, 3.63) is 43.5 Å². The van der Waals surface area contributed by atoms with Crippen molar-refractivity contribution in [3.8, 4) is 0 Å².